The SMILES string of the molecule is CO[C@@H]1CN(C)C(=O)c2ccc(NC(=O)Nc3cccc(F)c3)cc2OC[C@@H](C)N(C(=O)C2CC2)C[C@H]1C. The molecule has 0 aromatic heterocycles. The average Bonchev–Trinajstić information content (AvgIpc) is 3.73. The van der Waals surface area contributed by atoms with Crippen molar-refractivity contribution in [3.8, 4) is 5.75 Å². The summed E-state index contributed by atoms with van der Waals surface area (Å²) in [4.78, 5) is 42.4. The number of ether oxygens (including phenoxy) is 2. The average molecular weight is 527 g/mol. The van der Waals surface area contributed by atoms with Gasteiger partial charge in [0.05, 0.1) is 17.7 Å². The molecule has 1 aliphatic carbocycles. The summed E-state index contributed by atoms with van der Waals surface area (Å²) in [5.74, 6) is -0.242. The van der Waals surface area contributed by atoms with Gasteiger partial charge >= 0.3 is 6.03 Å². The first kappa shape index (κ1) is 27.4. The number of carbonyl (C=O) groups excluding carboxylic acids is 3. The molecular weight excluding hydrogens is 491 g/mol. The van der Waals surface area contributed by atoms with Gasteiger partial charge in [-0.2, -0.15) is 0 Å². The number of hydrogen-bond acceptors (Lipinski definition) is 5. The fourth-order valence-electron chi connectivity index (χ4n) is 4.58. The highest BCUT2D eigenvalue weighted by atomic mass is 19.1. The molecule has 10 heteroatoms. The molecule has 0 radical (unpaired) electrons. The Hall–Kier alpha value is -3.66. The Balaban J connectivity index is 1.58. The van der Waals surface area contributed by atoms with E-state index in [1.807, 2.05) is 18.7 Å². The molecule has 2 aromatic rings. The van der Waals surface area contributed by atoms with Crippen LogP contribution in [0.25, 0.3) is 0 Å². The summed E-state index contributed by atoms with van der Waals surface area (Å²) in [6.45, 7) is 4.97. The fraction of sp³-hybridized carbons (Fsp3) is 0.464. The Morgan fingerprint density at radius 3 is 2.42 bits per heavy atom. The van der Waals surface area contributed by atoms with Crippen molar-refractivity contribution in [3.63, 3.8) is 0 Å². The first-order valence-electron chi connectivity index (χ1n) is 12.9. The van der Waals surface area contributed by atoms with E-state index in [2.05, 4.69) is 10.6 Å². The van der Waals surface area contributed by atoms with E-state index in [0.717, 1.165) is 12.8 Å². The molecule has 2 aliphatic rings. The standard InChI is InChI=1S/C28H35FN4O5/c1-17-14-33(26(34)19-8-9-19)18(2)16-38-24-13-22(31-28(36)30-21-7-5-6-20(29)12-21)10-11-23(24)27(35)32(3)15-25(17)37-4/h5-7,10-13,17-19,25H,8-9,14-16H2,1-4H3,(H2,30,31,36)/t17-,18-,25-/m1/s1. The molecule has 2 N–H and O–H groups in total. The molecule has 3 atom stereocenters. The third kappa shape index (κ3) is 6.61. The van der Waals surface area contributed by atoms with Crippen LogP contribution in [-0.4, -0.2) is 73.6 Å². The van der Waals surface area contributed by atoms with Gasteiger partial charge < -0.3 is 29.9 Å². The largest absolute Gasteiger partial charge is 0.491 e. The molecule has 204 valence electrons. The van der Waals surface area contributed by atoms with E-state index in [-0.39, 0.29) is 42.4 Å². The number of likely N-dealkylation sites (N-methyl/N-ethyl adjacent to an activating group) is 1. The first-order valence-corrected chi connectivity index (χ1v) is 12.9. The third-order valence-corrected chi connectivity index (χ3v) is 7.00. The van der Waals surface area contributed by atoms with Crippen LogP contribution in [0.1, 0.15) is 37.0 Å². The lowest BCUT2D eigenvalue weighted by atomic mass is 10.0. The van der Waals surface area contributed by atoms with E-state index in [0.29, 0.717) is 35.8 Å². The van der Waals surface area contributed by atoms with Gasteiger partial charge in [-0.15, -0.1) is 0 Å². The zero-order valence-corrected chi connectivity index (χ0v) is 22.2. The molecule has 0 saturated heterocycles. The van der Waals surface area contributed by atoms with Crippen LogP contribution in [0.5, 0.6) is 5.75 Å². The Morgan fingerprint density at radius 2 is 1.76 bits per heavy atom. The van der Waals surface area contributed by atoms with Crippen LogP contribution in [0.2, 0.25) is 0 Å². The summed E-state index contributed by atoms with van der Waals surface area (Å²) < 4.78 is 25.3. The van der Waals surface area contributed by atoms with Gasteiger partial charge in [-0.05, 0) is 50.1 Å². The lowest BCUT2D eigenvalue weighted by molar-refractivity contribution is -0.136. The predicted molar refractivity (Wildman–Crippen MR) is 142 cm³/mol. The number of urea groups is 1. The third-order valence-electron chi connectivity index (χ3n) is 7.00. The molecule has 4 amide bonds. The monoisotopic (exact) mass is 526 g/mol. The molecule has 38 heavy (non-hydrogen) atoms. The van der Waals surface area contributed by atoms with Crippen LogP contribution >= 0.6 is 0 Å². The van der Waals surface area contributed by atoms with E-state index in [9.17, 15) is 18.8 Å². The minimum atomic E-state index is -0.571. The van der Waals surface area contributed by atoms with Gasteiger partial charge in [0.25, 0.3) is 5.91 Å². The summed E-state index contributed by atoms with van der Waals surface area (Å²) in [6.07, 6.45) is 1.54. The van der Waals surface area contributed by atoms with E-state index >= 15 is 0 Å². The number of anilines is 2. The lowest BCUT2D eigenvalue weighted by Gasteiger charge is -2.36. The highest BCUT2D eigenvalue weighted by molar-refractivity contribution is 6.01. The second-order valence-electron chi connectivity index (χ2n) is 10.2. The number of benzene rings is 2. The molecule has 1 saturated carbocycles. The number of nitrogens with zero attached hydrogens (tertiary/aromatic N) is 2. The summed E-state index contributed by atoms with van der Waals surface area (Å²) in [5, 5.41) is 5.27. The lowest BCUT2D eigenvalue weighted by Crippen LogP contribution is -2.49. The Kier molecular flexibility index (Phi) is 8.51. The second kappa shape index (κ2) is 11.8. The van der Waals surface area contributed by atoms with Gasteiger partial charge in [0.2, 0.25) is 5.91 Å². The number of fused-ring (bicyclic) bond motifs is 1. The number of rotatable bonds is 4. The maximum atomic E-state index is 13.5. The van der Waals surface area contributed by atoms with Crippen molar-refractivity contribution in [2.75, 3.05) is 44.5 Å². The molecular formula is C28H35FN4O5. The normalized spacial score (nSPS) is 22.4. The molecule has 9 nitrogen and oxygen atoms in total. The summed E-state index contributed by atoms with van der Waals surface area (Å²) in [6, 6.07) is 9.53. The molecule has 1 aliphatic heterocycles. The first-order chi connectivity index (χ1) is 18.2. The molecule has 1 fully saturated rings. The second-order valence-corrected chi connectivity index (χ2v) is 10.2. The van der Waals surface area contributed by atoms with Gasteiger partial charge in [-0.25, -0.2) is 9.18 Å². The Bertz CT molecular complexity index is 1190. The van der Waals surface area contributed by atoms with E-state index in [1.165, 1.54) is 18.2 Å². The number of nitrogens with one attached hydrogen (secondary N) is 2. The topological polar surface area (TPSA) is 100 Å². The zero-order valence-electron chi connectivity index (χ0n) is 22.2. The van der Waals surface area contributed by atoms with Crippen LogP contribution in [0.4, 0.5) is 20.6 Å². The van der Waals surface area contributed by atoms with Crippen molar-refractivity contribution < 1.29 is 28.2 Å². The van der Waals surface area contributed by atoms with Crippen molar-refractivity contribution in [3.05, 3.63) is 53.8 Å². The van der Waals surface area contributed by atoms with Gasteiger partial charge in [-0.1, -0.05) is 13.0 Å². The van der Waals surface area contributed by atoms with E-state index in [1.54, 1.807) is 43.3 Å². The van der Waals surface area contributed by atoms with E-state index < -0.39 is 11.8 Å². The molecule has 0 unspecified atom stereocenters. The summed E-state index contributed by atoms with van der Waals surface area (Å²) in [7, 11) is 3.32. The molecule has 4 rings (SSSR count). The van der Waals surface area contributed by atoms with Crippen molar-refractivity contribution in [2.45, 2.75) is 38.8 Å². The van der Waals surface area contributed by atoms with Crippen LogP contribution in [0, 0.1) is 17.7 Å². The number of methoxy groups -OCH3 is 1. The van der Waals surface area contributed by atoms with Crippen molar-refractivity contribution >= 4 is 29.2 Å². The van der Waals surface area contributed by atoms with Gasteiger partial charge in [-0.3, -0.25) is 9.59 Å². The van der Waals surface area contributed by atoms with Gasteiger partial charge in [0, 0.05) is 56.5 Å². The highest BCUT2D eigenvalue weighted by Crippen LogP contribution is 2.33. The van der Waals surface area contributed by atoms with Crippen molar-refractivity contribution in [1.29, 1.82) is 0 Å². The minimum Gasteiger partial charge on any atom is -0.491 e. The zero-order chi connectivity index (χ0) is 27.4. The quantitative estimate of drug-likeness (QED) is 0.622. The number of halogens is 1. The van der Waals surface area contributed by atoms with Crippen molar-refractivity contribution in [2.24, 2.45) is 11.8 Å². The molecule has 0 bridgehead atoms. The summed E-state index contributed by atoms with van der Waals surface area (Å²) >= 11 is 0. The van der Waals surface area contributed by atoms with Crippen molar-refractivity contribution in [1.82, 2.24) is 9.80 Å². The summed E-state index contributed by atoms with van der Waals surface area (Å²) in [5.41, 5.74) is 1.03. The van der Waals surface area contributed by atoms with Crippen LogP contribution in [0.15, 0.2) is 42.5 Å². The van der Waals surface area contributed by atoms with Gasteiger partial charge in [0.1, 0.15) is 18.2 Å². The smallest absolute Gasteiger partial charge is 0.323 e. The predicted octanol–water partition coefficient (Wildman–Crippen LogP) is 4.21. The van der Waals surface area contributed by atoms with Crippen LogP contribution in [-0.2, 0) is 9.53 Å². The maximum Gasteiger partial charge on any atom is 0.323 e. The molecule has 0 spiro atoms. The molecule has 2 aromatic carbocycles. The number of carbonyl (C=O) groups is 3. The minimum absolute atomic E-state index is 0.00229. The highest BCUT2D eigenvalue weighted by Gasteiger charge is 2.37. The Morgan fingerprint density at radius 1 is 1.05 bits per heavy atom. The van der Waals surface area contributed by atoms with Crippen LogP contribution < -0.4 is 15.4 Å². The van der Waals surface area contributed by atoms with Gasteiger partial charge in [0.15, 0.2) is 0 Å². The van der Waals surface area contributed by atoms with E-state index in [4.69, 9.17) is 9.47 Å². The maximum absolute atomic E-state index is 13.5. The van der Waals surface area contributed by atoms with Crippen LogP contribution in [0.3, 0.4) is 0 Å². The fourth-order valence-corrected chi connectivity index (χ4v) is 4.58. The Labute approximate surface area is 222 Å². The number of hydrogen-bond donors (Lipinski definition) is 2. The number of amides is 4. The molecule has 1 heterocycles.